The molecule has 1 aromatic rings. The van der Waals surface area contributed by atoms with Gasteiger partial charge in [-0.05, 0) is 18.4 Å². The molecule has 4 N–H and O–H groups in total. The van der Waals surface area contributed by atoms with E-state index in [-0.39, 0.29) is 28.6 Å². The van der Waals surface area contributed by atoms with E-state index < -0.39 is 18.3 Å². The Labute approximate surface area is 154 Å². The van der Waals surface area contributed by atoms with Crippen LogP contribution in [0.5, 0.6) is 0 Å². The van der Waals surface area contributed by atoms with E-state index in [0.717, 1.165) is 10.5 Å². The summed E-state index contributed by atoms with van der Waals surface area (Å²) in [5.74, 6) is 0.422. The number of halogens is 1. The Balaban J connectivity index is 0.00000220. The van der Waals surface area contributed by atoms with Crippen LogP contribution in [0.3, 0.4) is 0 Å². The average Bonchev–Trinajstić information content (AvgIpc) is 2.48. The third kappa shape index (κ3) is 5.02. The second kappa shape index (κ2) is 8.99. The topological polar surface area (TPSA) is 84.5 Å². The lowest BCUT2D eigenvalue weighted by atomic mass is 10.1. The molecule has 1 fully saturated rings. The average molecular weight is 459 g/mol. The highest BCUT2D eigenvalue weighted by Gasteiger charge is 2.37. The molecule has 0 radical (unpaired) electrons. The predicted octanol–water partition coefficient (Wildman–Crippen LogP) is 2.24. The van der Waals surface area contributed by atoms with Crippen LogP contribution in [-0.2, 0) is 0 Å². The summed E-state index contributed by atoms with van der Waals surface area (Å²) in [4.78, 5) is 0.975. The highest BCUT2D eigenvalue weighted by Crippen LogP contribution is 2.38. The van der Waals surface area contributed by atoms with Crippen LogP contribution in [0.2, 0.25) is 0 Å². The van der Waals surface area contributed by atoms with Crippen LogP contribution in [0.1, 0.15) is 5.56 Å². The highest BCUT2D eigenvalue weighted by atomic mass is 127. The molecule has 21 heavy (non-hydrogen) atoms. The van der Waals surface area contributed by atoms with Crippen LogP contribution in [-0.4, -0.2) is 55.3 Å². The SMILES string of the molecule is CSC(=N)c1ccc(S[C@@H]2SC[C@@H](O)[C@H](O)[C@H]2O)cc1.I. The summed E-state index contributed by atoms with van der Waals surface area (Å²) >= 11 is 4.31. The van der Waals surface area contributed by atoms with Crippen LogP contribution < -0.4 is 0 Å². The monoisotopic (exact) mass is 459 g/mol. The van der Waals surface area contributed by atoms with Crippen LogP contribution in [0.4, 0.5) is 0 Å². The Morgan fingerprint density at radius 3 is 2.38 bits per heavy atom. The Bertz CT molecular complexity index is 474. The highest BCUT2D eigenvalue weighted by molar-refractivity contribution is 14.0. The van der Waals surface area contributed by atoms with Crippen molar-refractivity contribution in [3.8, 4) is 0 Å². The van der Waals surface area contributed by atoms with Gasteiger partial charge in [0.15, 0.2) is 0 Å². The third-order valence-electron chi connectivity index (χ3n) is 3.03. The maximum absolute atomic E-state index is 9.96. The molecular weight excluding hydrogens is 441 g/mol. The molecular formula is C13H18INO3S3. The Hall–Kier alpha value is 0.550. The minimum absolute atomic E-state index is 0. The van der Waals surface area contributed by atoms with Gasteiger partial charge in [0.05, 0.1) is 15.7 Å². The number of aliphatic hydroxyl groups excluding tert-OH is 3. The summed E-state index contributed by atoms with van der Waals surface area (Å²) in [7, 11) is 0. The normalized spacial score (nSPS) is 28.8. The van der Waals surface area contributed by atoms with E-state index in [0.29, 0.717) is 10.8 Å². The molecule has 1 aliphatic heterocycles. The second-order valence-electron chi connectivity index (χ2n) is 4.43. The van der Waals surface area contributed by atoms with Crippen molar-refractivity contribution >= 4 is 64.3 Å². The third-order valence-corrected chi connectivity index (χ3v) is 6.56. The summed E-state index contributed by atoms with van der Waals surface area (Å²) in [5, 5.41) is 37.4. The number of nitrogens with one attached hydrogen (secondary N) is 1. The fourth-order valence-electron chi connectivity index (χ4n) is 1.82. The molecule has 0 aromatic heterocycles. The molecule has 0 aliphatic carbocycles. The first kappa shape index (κ1) is 19.6. The van der Waals surface area contributed by atoms with Gasteiger partial charge in [-0.3, -0.25) is 5.41 Å². The van der Waals surface area contributed by atoms with Crippen LogP contribution in [0.25, 0.3) is 0 Å². The van der Waals surface area contributed by atoms with E-state index in [1.54, 1.807) is 0 Å². The summed E-state index contributed by atoms with van der Waals surface area (Å²) in [5.41, 5.74) is 0.870. The molecule has 4 atom stereocenters. The number of thioether (sulfide) groups is 3. The molecule has 1 aliphatic rings. The number of benzene rings is 1. The van der Waals surface area contributed by atoms with E-state index in [2.05, 4.69) is 0 Å². The molecule has 2 rings (SSSR count). The quantitative estimate of drug-likeness (QED) is 0.315. The van der Waals surface area contributed by atoms with Gasteiger partial charge in [0.2, 0.25) is 0 Å². The summed E-state index contributed by atoms with van der Waals surface area (Å²) < 4.78 is -0.195. The van der Waals surface area contributed by atoms with Crippen LogP contribution in [0, 0.1) is 5.41 Å². The first-order valence-corrected chi connectivity index (χ1v) is 9.23. The number of aliphatic hydroxyl groups is 3. The minimum Gasteiger partial charge on any atom is -0.389 e. The fraction of sp³-hybridized carbons (Fsp3) is 0.462. The van der Waals surface area contributed by atoms with Crippen molar-refractivity contribution in [2.45, 2.75) is 27.8 Å². The van der Waals surface area contributed by atoms with Crippen molar-refractivity contribution in [1.82, 2.24) is 0 Å². The van der Waals surface area contributed by atoms with Crippen molar-refractivity contribution in [2.75, 3.05) is 12.0 Å². The standard InChI is InChI=1S/C13H17NO3S3.HI/c1-18-12(14)7-2-4-8(5-3-7)20-13-11(17)10(16)9(15)6-19-13;/h2-5,9-11,13-17H,6H2,1H3;1H/t9-,10+,11-,13+;/m1./s1. The van der Waals surface area contributed by atoms with Gasteiger partial charge in [0.1, 0.15) is 12.2 Å². The van der Waals surface area contributed by atoms with Gasteiger partial charge in [0.25, 0.3) is 0 Å². The molecule has 0 spiro atoms. The zero-order valence-corrected chi connectivity index (χ0v) is 16.1. The van der Waals surface area contributed by atoms with E-state index in [4.69, 9.17) is 5.41 Å². The van der Waals surface area contributed by atoms with Crippen LogP contribution in [0.15, 0.2) is 29.2 Å². The van der Waals surface area contributed by atoms with Gasteiger partial charge in [0, 0.05) is 16.2 Å². The largest absolute Gasteiger partial charge is 0.389 e. The molecule has 8 heteroatoms. The first-order valence-electron chi connectivity index (χ1n) is 6.08. The first-order chi connectivity index (χ1) is 9.52. The lowest BCUT2D eigenvalue weighted by Crippen LogP contribution is -2.47. The van der Waals surface area contributed by atoms with Gasteiger partial charge < -0.3 is 15.3 Å². The molecule has 0 bridgehead atoms. The van der Waals surface area contributed by atoms with Gasteiger partial charge in [-0.1, -0.05) is 12.1 Å². The Morgan fingerprint density at radius 2 is 1.81 bits per heavy atom. The Kier molecular flexibility index (Phi) is 8.39. The summed E-state index contributed by atoms with van der Waals surface area (Å²) in [6, 6.07) is 7.59. The van der Waals surface area contributed by atoms with Crippen molar-refractivity contribution in [3.63, 3.8) is 0 Å². The maximum Gasteiger partial charge on any atom is 0.108 e. The van der Waals surface area contributed by atoms with Crippen molar-refractivity contribution in [2.24, 2.45) is 0 Å². The molecule has 0 unspecified atom stereocenters. The molecule has 1 saturated heterocycles. The molecule has 1 aromatic carbocycles. The molecule has 0 amide bonds. The smallest absolute Gasteiger partial charge is 0.108 e. The van der Waals surface area contributed by atoms with Crippen molar-refractivity contribution < 1.29 is 15.3 Å². The van der Waals surface area contributed by atoms with Crippen molar-refractivity contribution in [3.05, 3.63) is 29.8 Å². The number of rotatable bonds is 3. The van der Waals surface area contributed by atoms with Crippen LogP contribution >= 0.6 is 59.3 Å². The number of hydrogen-bond acceptors (Lipinski definition) is 7. The molecule has 0 saturated carbocycles. The van der Waals surface area contributed by atoms with Gasteiger partial charge >= 0.3 is 0 Å². The van der Waals surface area contributed by atoms with Gasteiger partial charge in [-0.15, -0.1) is 59.3 Å². The zero-order valence-electron chi connectivity index (χ0n) is 11.3. The van der Waals surface area contributed by atoms with E-state index in [1.165, 1.54) is 35.3 Å². The maximum atomic E-state index is 9.96. The lowest BCUT2D eigenvalue weighted by molar-refractivity contribution is -0.0474. The van der Waals surface area contributed by atoms with Crippen molar-refractivity contribution in [1.29, 1.82) is 5.41 Å². The van der Waals surface area contributed by atoms with E-state index in [9.17, 15) is 15.3 Å². The lowest BCUT2D eigenvalue weighted by Gasteiger charge is -2.34. The zero-order chi connectivity index (χ0) is 14.7. The number of hydrogen-bond donors (Lipinski definition) is 4. The summed E-state index contributed by atoms with van der Waals surface area (Å²) in [6.45, 7) is 0. The minimum atomic E-state index is -1.09. The molecule has 4 nitrogen and oxygen atoms in total. The Morgan fingerprint density at radius 1 is 1.19 bits per heavy atom. The molecule has 118 valence electrons. The predicted molar refractivity (Wildman–Crippen MR) is 102 cm³/mol. The van der Waals surface area contributed by atoms with E-state index in [1.807, 2.05) is 30.5 Å². The van der Waals surface area contributed by atoms with E-state index >= 15 is 0 Å². The fourth-order valence-corrected chi connectivity index (χ4v) is 4.84. The summed E-state index contributed by atoms with van der Waals surface area (Å²) in [6.07, 6.45) is -1.03. The van der Waals surface area contributed by atoms with Gasteiger partial charge in [-0.2, -0.15) is 0 Å². The second-order valence-corrected chi connectivity index (χ2v) is 7.93. The van der Waals surface area contributed by atoms with Gasteiger partial charge in [-0.25, -0.2) is 0 Å². The molecule has 1 heterocycles.